The monoisotopic (exact) mass is 390 g/mol. The zero-order chi connectivity index (χ0) is 16.4. The van der Waals surface area contributed by atoms with E-state index in [4.69, 9.17) is 0 Å². The van der Waals surface area contributed by atoms with E-state index in [2.05, 4.69) is 57.9 Å². The number of halogens is 1. The van der Waals surface area contributed by atoms with E-state index in [0.717, 1.165) is 26.1 Å². The number of aryl methyl sites for hydroxylation is 1. The Labute approximate surface area is 148 Å². The van der Waals surface area contributed by atoms with Crippen LogP contribution in [0.1, 0.15) is 35.0 Å². The topological polar surface area (TPSA) is 34.0 Å². The molecule has 0 saturated heterocycles. The number of hydrogen-bond donors (Lipinski definition) is 1. The van der Waals surface area contributed by atoms with Crippen molar-refractivity contribution in [3.05, 3.63) is 57.0 Å². The van der Waals surface area contributed by atoms with Crippen molar-refractivity contribution in [2.75, 3.05) is 6.54 Å². The largest absolute Gasteiger partial charge is 0.351 e. The fourth-order valence-electron chi connectivity index (χ4n) is 2.66. The fourth-order valence-corrected chi connectivity index (χ4v) is 4.22. The molecule has 0 radical (unpaired) electrons. The van der Waals surface area contributed by atoms with E-state index in [1.807, 2.05) is 18.2 Å². The summed E-state index contributed by atoms with van der Waals surface area (Å²) in [4.78, 5) is 12.5. The van der Waals surface area contributed by atoms with Gasteiger partial charge in [0.1, 0.15) is 5.69 Å². The van der Waals surface area contributed by atoms with Gasteiger partial charge in [-0.15, -0.1) is 11.3 Å². The Bertz CT molecular complexity index is 850. The van der Waals surface area contributed by atoms with Gasteiger partial charge in [0, 0.05) is 13.1 Å². The quantitative estimate of drug-likeness (QED) is 0.655. The molecule has 3 aromatic rings. The van der Waals surface area contributed by atoms with Crippen LogP contribution in [-0.2, 0) is 6.54 Å². The summed E-state index contributed by atoms with van der Waals surface area (Å²) < 4.78 is 4.33. The van der Waals surface area contributed by atoms with Crippen LogP contribution in [0.2, 0.25) is 0 Å². The molecule has 1 amide bonds. The minimum atomic E-state index is -0.0000402. The summed E-state index contributed by atoms with van der Waals surface area (Å²) in [5.41, 5.74) is 4.31. The molecule has 23 heavy (non-hydrogen) atoms. The standard InChI is InChI=1S/C18H19BrN2OS/c1-3-8-20-18(22)15-9-16-14(10-17(19)23-16)21(15)11-13-7-5-4-6-12(13)2/h4-7,9-10H,3,8,11H2,1-2H3,(H,20,22). The Morgan fingerprint density at radius 1 is 1.30 bits per heavy atom. The normalized spacial score (nSPS) is 11.1. The molecular weight excluding hydrogens is 372 g/mol. The molecule has 0 fully saturated rings. The third kappa shape index (κ3) is 3.35. The Kier molecular flexibility index (Phi) is 4.87. The van der Waals surface area contributed by atoms with Gasteiger partial charge in [0.2, 0.25) is 0 Å². The van der Waals surface area contributed by atoms with Crippen molar-refractivity contribution < 1.29 is 4.79 Å². The number of rotatable bonds is 5. The second-order valence-corrected chi connectivity index (χ2v) is 8.06. The molecule has 3 rings (SSSR count). The molecule has 2 aromatic heterocycles. The number of fused-ring (bicyclic) bond motifs is 1. The summed E-state index contributed by atoms with van der Waals surface area (Å²) in [7, 11) is 0. The van der Waals surface area contributed by atoms with Crippen LogP contribution in [0.3, 0.4) is 0 Å². The van der Waals surface area contributed by atoms with Gasteiger partial charge < -0.3 is 9.88 Å². The molecule has 3 nitrogen and oxygen atoms in total. The summed E-state index contributed by atoms with van der Waals surface area (Å²) in [6.07, 6.45) is 0.935. The van der Waals surface area contributed by atoms with Gasteiger partial charge in [0.05, 0.1) is 14.0 Å². The van der Waals surface area contributed by atoms with Crippen molar-refractivity contribution in [1.82, 2.24) is 9.88 Å². The maximum absolute atomic E-state index is 12.5. The van der Waals surface area contributed by atoms with Crippen molar-refractivity contribution in [3.63, 3.8) is 0 Å². The van der Waals surface area contributed by atoms with Crippen LogP contribution in [0.4, 0.5) is 0 Å². The SMILES string of the molecule is CCCNC(=O)c1cc2sc(Br)cc2n1Cc1ccccc1C. The summed E-state index contributed by atoms with van der Waals surface area (Å²) in [6, 6.07) is 12.4. The Balaban J connectivity index is 2.04. The third-order valence-electron chi connectivity index (χ3n) is 3.92. The second kappa shape index (κ2) is 6.89. The number of benzene rings is 1. The zero-order valence-electron chi connectivity index (χ0n) is 13.2. The van der Waals surface area contributed by atoms with Crippen LogP contribution in [0.15, 0.2) is 40.2 Å². The Morgan fingerprint density at radius 3 is 2.83 bits per heavy atom. The van der Waals surface area contributed by atoms with E-state index < -0.39 is 0 Å². The minimum absolute atomic E-state index is 0.0000402. The highest BCUT2D eigenvalue weighted by Crippen LogP contribution is 2.33. The van der Waals surface area contributed by atoms with Crippen LogP contribution in [-0.4, -0.2) is 17.0 Å². The highest BCUT2D eigenvalue weighted by atomic mass is 79.9. The Hall–Kier alpha value is -1.59. The number of nitrogens with zero attached hydrogens (tertiary/aromatic N) is 1. The highest BCUT2D eigenvalue weighted by molar-refractivity contribution is 9.11. The van der Waals surface area contributed by atoms with E-state index >= 15 is 0 Å². The fraction of sp³-hybridized carbons (Fsp3) is 0.278. The lowest BCUT2D eigenvalue weighted by molar-refractivity contribution is 0.0945. The minimum Gasteiger partial charge on any atom is -0.351 e. The van der Waals surface area contributed by atoms with Crippen LogP contribution in [0.25, 0.3) is 10.2 Å². The second-order valence-electron chi connectivity index (χ2n) is 5.60. The number of hydrogen-bond acceptors (Lipinski definition) is 2. The lowest BCUT2D eigenvalue weighted by Gasteiger charge is -2.12. The third-order valence-corrected chi connectivity index (χ3v) is 5.49. The zero-order valence-corrected chi connectivity index (χ0v) is 15.6. The number of nitrogens with one attached hydrogen (secondary N) is 1. The van der Waals surface area contributed by atoms with Crippen LogP contribution >= 0.6 is 27.3 Å². The number of aromatic nitrogens is 1. The van der Waals surface area contributed by atoms with Gasteiger partial charge in [-0.2, -0.15) is 0 Å². The molecule has 1 N–H and O–H groups in total. The molecular formula is C18H19BrN2OS. The predicted octanol–water partition coefficient (Wildman–Crippen LogP) is 4.96. The van der Waals surface area contributed by atoms with Crippen LogP contribution in [0.5, 0.6) is 0 Å². The van der Waals surface area contributed by atoms with Crippen molar-refractivity contribution in [2.45, 2.75) is 26.8 Å². The van der Waals surface area contributed by atoms with Gasteiger partial charge in [-0.1, -0.05) is 31.2 Å². The van der Waals surface area contributed by atoms with Gasteiger partial charge in [-0.25, -0.2) is 0 Å². The first-order chi connectivity index (χ1) is 11.1. The number of carbonyl (C=O) groups excluding carboxylic acids is 1. The van der Waals surface area contributed by atoms with E-state index in [1.54, 1.807) is 11.3 Å². The van der Waals surface area contributed by atoms with Gasteiger partial charge >= 0.3 is 0 Å². The Morgan fingerprint density at radius 2 is 2.09 bits per heavy atom. The molecule has 0 aliphatic rings. The van der Waals surface area contributed by atoms with E-state index in [9.17, 15) is 4.79 Å². The molecule has 120 valence electrons. The number of thiophene rings is 1. The van der Waals surface area contributed by atoms with Crippen molar-refractivity contribution in [2.24, 2.45) is 0 Å². The summed E-state index contributed by atoms with van der Waals surface area (Å²) >= 11 is 5.20. The average molecular weight is 391 g/mol. The van der Waals surface area contributed by atoms with Gasteiger partial charge in [0.15, 0.2) is 0 Å². The average Bonchev–Trinajstić information content (AvgIpc) is 3.04. The predicted molar refractivity (Wildman–Crippen MR) is 100 cm³/mol. The van der Waals surface area contributed by atoms with Gasteiger partial charge in [-0.05, 0) is 52.5 Å². The molecule has 5 heteroatoms. The molecule has 2 heterocycles. The molecule has 0 saturated carbocycles. The van der Waals surface area contributed by atoms with Gasteiger partial charge in [0.25, 0.3) is 5.91 Å². The van der Waals surface area contributed by atoms with E-state index in [-0.39, 0.29) is 5.91 Å². The van der Waals surface area contributed by atoms with E-state index in [1.165, 1.54) is 11.1 Å². The first-order valence-corrected chi connectivity index (χ1v) is 9.32. The van der Waals surface area contributed by atoms with Crippen molar-refractivity contribution in [1.29, 1.82) is 0 Å². The molecule has 0 spiro atoms. The molecule has 0 bridgehead atoms. The molecule has 0 unspecified atom stereocenters. The maximum Gasteiger partial charge on any atom is 0.267 e. The summed E-state index contributed by atoms with van der Waals surface area (Å²) in [5.74, 6) is -0.0000402. The maximum atomic E-state index is 12.5. The molecule has 0 aliphatic heterocycles. The first-order valence-electron chi connectivity index (χ1n) is 7.71. The summed E-state index contributed by atoms with van der Waals surface area (Å²) in [5, 5.41) is 2.99. The van der Waals surface area contributed by atoms with Gasteiger partial charge in [-0.3, -0.25) is 4.79 Å². The summed E-state index contributed by atoms with van der Waals surface area (Å²) in [6.45, 7) is 5.57. The highest BCUT2D eigenvalue weighted by Gasteiger charge is 2.17. The molecule has 1 aromatic carbocycles. The lowest BCUT2D eigenvalue weighted by atomic mass is 10.1. The lowest BCUT2D eigenvalue weighted by Crippen LogP contribution is -2.26. The smallest absolute Gasteiger partial charge is 0.267 e. The number of carbonyl (C=O) groups is 1. The van der Waals surface area contributed by atoms with Crippen LogP contribution in [0, 0.1) is 6.92 Å². The van der Waals surface area contributed by atoms with Crippen molar-refractivity contribution in [3.8, 4) is 0 Å². The van der Waals surface area contributed by atoms with Crippen molar-refractivity contribution >= 4 is 43.4 Å². The molecule has 0 aliphatic carbocycles. The van der Waals surface area contributed by atoms with E-state index in [0.29, 0.717) is 13.1 Å². The molecule has 0 atom stereocenters. The van der Waals surface area contributed by atoms with Crippen LogP contribution < -0.4 is 5.32 Å². The number of amides is 1. The first kappa shape index (κ1) is 16.3.